The molecule has 0 aromatic carbocycles. The summed E-state index contributed by atoms with van der Waals surface area (Å²) in [5.41, 5.74) is 0.458. The van der Waals surface area contributed by atoms with Crippen LogP contribution in [-0.2, 0) is 0 Å². The van der Waals surface area contributed by atoms with Crippen molar-refractivity contribution in [1.82, 2.24) is 0 Å². The Morgan fingerprint density at radius 2 is 1.82 bits per heavy atom. The zero-order valence-electron chi connectivity index (χ0n) is 8.61. The number of hydrogen-bond donors (Lipinski definition) is 0. The first-order valence-electron chi connectivity index (χ1n) is 4.79. The van der Waals surface area contributed by atoms with Gasteiger partial charge < -0.3 is 6.92 Å². The van der Waals surface area contributed by atoms with Gasteiger partial charge >= 0.3 is 0 Å². The molecule has 0 aromatic heterocycles. The Balaban J connectivity index is 3.44. The standard InChI is InChI=1S/C11H23/c1-6-7-8-10(2)9-11(3,4)5/h10H,2,6-9H2,1,3-5H3/q-1. The molecule has 11 heavy (non-hydrogen) atoms. The average molecular weight is 155 g/mol. The Bertz CT molecular complexity index is 86.7. The second kappa shape index (κ2) is 4.79. The second-order valence-electron chi connectivity index (χ2n) is 4.77. The average Bonchev–Trinajstić information content (AvgIpc) is 1.79. The van der Waals surface area contributed by atoms with E-state index in [1.54, 1.807) is 0 Å². The van der Waals surface area contributed by atoms with Gasteiger partial charge in [0, 0.05) is 0 Å². The van der Waals surface area contributed by atoms with Crippen LogP contribution in [0.3, 0.4) is 0 Å². The second-order valence-corrected chi connectivity index (χ2v) is 4.77. The van der Waals surface area contributed by atoms with Crippen LogP contribution in [0, 0.1) is 18.3 Å². The highest BCUT2D eigenvalue weighted by atomic mass is 14.2. The summed E-state index contributed by atoms with van der Waals surface area (Å²) < 4.78 is 0. The molecule has 0 aliphatic rings. The fraction of sp³-hybridized carbons (Fsp3) is 0.909. The molecule has 0 saturated heterocycles. The number of unbranched alkanes of at least 4 members (excludes halogenated alkanes) is 1. The van der Waals surface area contributed by atoms with Gasteiger partial charge in [-0.05, 0) is 5.41 Å². The van der Waals surface area contributed by atoms with Crippen molar-refractivity contribution < 1.29 is 0 Å². The van der Waals surface area contributed by atoms with Crippen molar-refractivity contribution in [3.8, 4) is 0 Å². The molecule has 0 bridgehead atoms. The Morgan fingerprint density at radius 1 is 1.27 bits per heavy atom. The van der Waals surface area contributed by atoms with E-state index in [1.807, 2.05) is 0 Å². The maximum absolute atomic E-state index is 4.16. The van der Waals surface area contributed by atoms with Crippen LogP contribution in [0.1, 0.15) is 53.4 Å². The smallest absolute Gasteiger partial charge is 0.0404 e. The highest BCUT2D eigenvalue weighted by Crippen LogP contribution is 2.26. The lowest BCUT2D eigenvalue weighted by Gasteiger charge is -2.27. The Labute approximate surface area is 72.4 Å². The monoisotopic (exact) mass is 155 g/mol. The van der Waals surface area contributed by atoms with E-state index in [0.717, 1.165) is 0 Å². The van der Waals surface area contributed by atoms with E-state index in [-0.39, 0.29) is 0 Å². The van der Waals surface area contributed by atoms with E-state index in [1.165, 1.54) is 25.7 Å². The molecular formula is C11H23-. The van der Waals surface area contributed by atoms with E-state index in [2.05, 4.69) is 34.6 Å². The molecule has 0 radical (unpaired) electrons. The van der Waals surface area contributed by atoms with Crippen LogP contribution in [0.15, 0.2) is 0 Å². The molecule has 0 nitrogen and oxygen atoms in total. The molecule has 0 heteroatoms. The topological polar surface area (TPSA) is 0 Å². The molecule has 0 saturated carbocycles. The lowest BCUT2D eigenvalue weighted by Crippen LogP contribution is -2.10. The van der Waals surface area contributed by atoms with Crippen LogP contribution < -0.4 is 0 Å². The summed E-state index contributed by atoms with van der Waals surface area (Å²) in [5.74, 6) is 0.662. The van der Waals surface area contributed by atoms with Gasteiger partial charge in [0.25, 0.3) is 0 Å². The van der Waals surface area contributed by atoms with Crippen molar-refractivity contribution in [1.29, 1.82) is 0 Å². The maximum Gasteiger partial charge on any atom is -0.0404 e. The van der Waals surface area contributed by atoms with Crippen molar-refractivity contribution >= 4 is 0 Å². The molecule has 0 heterocycles. The van der Waals surface area contributed by atoms with Gasteiger partial charge in [-0.1, -0.05) is 53.4 Å². The summed E-state index contributed by atoms with van der Waals surface area (Å²) in [6.45, 7) is 13.3. The number of hydrogen-bond acceptors (Lipinski definition) is 0. The van der Waals surface area contributed by atoms with Crippen molar-refractivity contribution in [2.45, 2.75) is 53.4 Å². The third-order valence-electron chi connectivity index (χ3n) is 1.87. The molecule has 1 atom stereocenters. The summed E-state index contributed by atoms with van der Waals surface area (Å²) in [6.07, 6.45) is 5.20. The lowest BCUT2D eigenvalue weighted by molar-refractivity contribution is 0.311. The zero-order chi connectivity index (χ0) is 8.91. The Morgan fingerprint density at radius 3 is 2.18 bits per heavy atom. The molecule has 0 aromatic rings. The molecule has 0 fully saturated rings. The highest BCUT2D eigenvalue weighted by Gasteiger charge is 2.10. The van der Waals surface area contributed by atoms with Crippen molar-refractivity contribution in [3.63, 3.8) is 0 Å². The zero-order valence-corrected chi connectivity index (χ0v) is 8.61. The molecule has 0 aliphatic carbocycles. The van der Waals surface area contributed by atoms with Gasteiger partial charge in [0.2, 0.25) is 0 Å². The molecule has 1 unspecified atom stereocenters. The Kier molecular flexibility index (Phi) is 4.79. The fourth-order valence-electron chi connectivity index (χ4n) is 1.46. The van der Waals surface area contributed by atoms with Crippen molar-refractivity contribution in [2.24, 2.45) is 11.3 Å². The van der Waals surface area contributed by atoms with E-state index < -0.39 is 0 Å². The van der Waals surface area contributed by atoms with Crippen LogP contribution in [0.2, 0.25) is 0 Å². The molecule has 68 valence electrons. The fourth-order valence-corrected chi connectivity index (χ4v) is 1.46. The first-order chi connectivity index (χ1) is 4.95. The third-order valence-corrected chi connectivity index (χ3v) is 1.87. The van der Waals surface area contributed by atoms with Crippen LogP contribution in [0.5, 0.6) is 0 Å². The minimum atomic E-state index is 0.458. The van der Waals surface area contributed by atoms with Crippen molar-refractivity contribution in [3.05, 3.63) is 6.92 Å². The van der Waals surface area contributed by atoms with Crippen molar-refractivity contribution in [2.75, 3.05) is 0 Å². The summed E-state index contributed by atoms with van der Waals surface area (Å²) in [4.78, 5) is 0. The predicted molar refractivity (Wildman–Crippen MR) is 52.4 cm³/mol. The van der Waals surface area contributed by atoms with Gasteiger partial charge in [-0.15, -0.1) is 0 Å². The molecule has 0 rings (SSSR count). The van der Waals surface area contributed by atoms with Crippen LogP contribution in [0.25, 0.3) is 0 Å². The largest absolute Gasteiger partial charge is 0.340 e. The SMILES string of the molecule is [CH2-]C(CCCC)CC(C)(C)C. The summed E-state index contributed by atoms with van der Waals surface area (Å²) in [6, 6.07) is 0. The highest BCUT2D eigenvalue weighted by molar-refractivity contribution is 4.70. The normalized spacial score (nSPS) is 15.0. The van der Waals surface area contributed by atoms with Gasteiger partial charge in [-0.2, -0.15) is 5.92 Å². The number of rotatable bonds is 4. The summed E-state index contributed by atoms with van der Waals surface area (Å²) >= 11 is 0. The van der Waals surface area contributed by atoms with E-state index >= 15 is 0 Å². The molecular weight excluding hydrogens is 132 g/mol. The van der Waals surface area contributed by atoms with Gasteiger partial charge in [0.1, 0.15) is 0 Å². The van der Waals surface area contributed by atoms with E-state index in [0.29, 0.717) is 11.3 Å². The van der Waals surface area contributed by atoms with Crippen LogP contribution >= 0.6 is 0 Å². The van der Waals surface area contributed by atoms with Gasteiger partial charge in [-0.3, -0.25) is 0 Å². The van der Waals surface area contributed by atoms with Gasteiger partial charge in [-0.25, -0.2) is 0 Å². The summed E-state index contributed by atoms with van der Waals surface area (Å²) in [7, 11) is 0. The van der Waals surface area contributed by atoms with Gasteiger partial charge in [0.05, 0.1) is 0 Å². The van der Waals surface area contributed by atoms with Crippen LogP contribution in [0.4, 0.5) is 0 Å². The quantitative estimate of drug-likeness (QED) is 0.537. The van der Waals surface area contributed by atoms with Gasteiger partial charge in [0.15, 0.2) is 0 Å². The predicted octanol–water partition coefficient (Wildman–Crippen LogP) is 4.06. The lowest BCUT2D eigenvalue weighted by atomic mass is 9.83. The van der Waals surface area contributed by atoms with Crippen LogP contribution in [-0.4, -0.2) is 0 Å². The first-order valence-corrected chi connectivity index (χ1v) is 4.79. The molecule has 0 aliphatic heterocycles. The third kappa shape index (κ3) is 7.90. The van der Waals surface area contributed by atoms with E-state index in [4.69, 9.17) is 0 Å². The maximum atomic E-state index is 4.16. The summed E-state index contributed by atoms with van der Waals surface area (Å²) in [5, 5.41) is 0. The minimum absolute atomic E-state index is 0.458. The van der Waals surface area contributed by atoms with E-state index in [9.17, 15) is 0 Å². The molecule has 0 spiro atoms. The minimum Gasteiger partial charge on any atom is -0.340 e. The first kappa shape index (κ1) is 11.0. The molecule has 0 amide bonds. The Hall–Kier alpha value is 0. The molecule has 0 N–H and O–H groups in total.